The van der Waals surface area contributed by atoms with E-state index in [0.29, 0.717) is 32.7 Å². The molecule has 0 bridgehead atoms. The van der Waals surface area contributed by atoms with Gasteiger partial charge in [-0.2, -0.15) is 0 Å². The average molecular weight is 315 g/mol. The van der Waals surface area contributed by atoms with Gasteiger partial charge >= 0.3 is 0 Å². The van der Waals surface area contributed by atoms with Gasteiger partial charge < -0.3 is 20.0 Å². The highest BCUT2D eigenvalue weighted by Gasteiger charge is 2.26. The predicted molar refractivity (Wildman–Crippen MR) is 79.2 cm³/mol. The van der Waals surface area contributed by atoms with Crippen molar-refractivity contribution in [3.63, 3.8) is 0 Å². The summed E-state index contributed by atoms with van der Waals surface area (Å²) in [5.74, 6) is 0.0132. The lowest BCUT2D eigenvalue weighted by molar-refractivity contribution is -0.133. The monoisotopic (exact) mass is 315 g/mol. The van der Waals surface area contributed by atoms with Crippen molar-refractivity contribution in [2.75, 3.05) is 45.8 Å². The molecular formula is C14H25N3O5. The molecule has 2 aliphatic heterocycles. The van der Waals surface area contributed by atoms with E-state index in [1.54, 1.807) is 9.80 Å². The van der Waals surface area contributed by atoms with Crippen molar-refractivity contribution in [2.24, 2.45) is 0 Å². The molecule has 1 unspecified atom stereocenters. The lowest BCUT2D eigenvalue weighted by Gasteiger charge is -2.24. The Morgan fingerprint density at radius 2 is 1.59 bits per heavy atom. The number of rotatable bonds is 2. The summed E-state index contributed by atoms with van der Waals surface area (Å²) in [5.41, 5.74) is 0. The van der Waals surface area contributed by atoms with Crippen molar-refractivity contribution in [1.82, 2.24) is 14.7 Å². The van der Waals surface area contributed by atoms with Gasteiger partial charge in [-0.1, -0.05) is 0 Å². The Balaban J connectivity index is 0.000000745. The zero-order valence-corrected chi connectivity index (χ0v) is 13.0. The van der Waals surface area contributed by atoms with E-state index in [1.165, 1.54) is 6.92 Å². The maximum Gasteiger partial charge on any atom is 0.290 e. The van der Waals surface area contributed by atoms with Crippen LogP contribution in [0, 0.1) is 0 Å². The van der Waals surface area contributed by atoms with Gasteiger partial charge in [-0.15, -0.1) is 0 Å². The largest absolute Gasteiger partial charge is 0.483 e. The molecule has 2 rings (SSSR count). The summed E-state index contributed by atoms with van der Waals surface area (Å²) in [7, 11) is 0. The molecule has 2 saturated heterocycles. The van der Waals surface area contributed by atoms with Gasteiger partial charge in [0.1, 0.15) is 0 Å². The molecule has 0 radical (unpaired) electrons. The van der Waals surface area contributed by atoms with E-state index < -0.39 is 6.10 Å². The van der Waals surface area contributed by atoms with Gasteiger partial charge in [0.2, 0.25) is 11.8 Å². The lowest BCUT2D eigenvalue weighted by Crippen LogP contribution is -2.43. The van der Waals surface area contributed by atoms with Gasteiger partial charge in [0.15, 0.2) is 0 Å². The zero-order valence-electron chi connectivity index (χ0n) is 13.0. The van der Waals surface area contributed by atoms with Crippen molar-refractivity contribution >= 4 is 18.3 Å². The van der Waals surface area contributed by atoms with E-state index in [2.05, 4.69) is 4.90 Å². The van der Waals surface area contributed by atoms with Crippen LogP contribution in [0.2, 0.25) is 0 Å². The number of β-amino-alcohol motifs (C(OH)–C–C–N with tert-alkyl or cyclic N) is 1. The quantitative estimate of drug-likeness (QED) is 0.623. The summed E-state index contributed by atoms with van der Waals surface area (Å²) >= 11 is 0. The first kappa shape index (κ1) is 18.4. The number of likely N-dealkylation sites (tertiary alicyclic amines) is 1. The fourth-order valence-corrected chi connectivity index (χ4v) is 2.74. The van der Waals surface area contributed by atoms with Crippen molar-refractivity contribution < 1.29 is 24.6 Å². The second-order valence-electron chi connectivity index (χ2n) is 5.55. The van der Waals surface area contributed by atoms with Crippen LogP contribution in [0.5, 0.6) is 0 Å². The molecular weight excluding hydrogens is 290 g/mol. The third kappa shape index (κ3) is 5.98. The molecule has 0 aromatic carbocycles. The SMILES string of the molecule is CC(=O)N1CCN(C(=O)CN2CCCC2)CC(O)C1.O=CO. The standard InChI is InChI=1S/C13H23N3O3.CH2O2/c1-11(17)15-6-7-16(9-12(18)8-15)13(19)10-14-4-2-3-5-14;2-1-3/h12,18H,2-10H2,1H3;1H,(H,2,3). The van der Waals surface area contributed by atoms with Crippen LogP contribution in [-0.2, 0) is 14.4 Å². The molecule has 0 aromatic heterocycles. The Labute approximate surface area is 130 Å². The van der Waals surface area contributed by atoms with E-state index in [4.69, 9.17) is 9.90 Å². The van der Waals surface area contributed by atoms with Crippen LogP contribution in [-0.4, -0.2) is 95.1 Å². The summed E-state index contributed by atoms with van der Waals surface area (Å²) in [6.45, 7) is 5.34. The summed E-state index contributed by atoms with van der Waals surface area (Å²) in [6.07, 6.45) is 1.68. The first-order chi connectivity index (χ1) is 10.5. The summed E-state index contributed by atoms with van der Waals surface area (Å²) in [6, 6.07) is 0. The van der Waals surface area contributed by atoms with Crippen molar-refractivity contribution in [1.29, 1.82) is 0 Å². The van der Waals surface area contributed by atoms with Crippen LogP contribution in [0.15, 0.2) is 0 Å². The van der Waals surface area contributed by atoms with Crippen LogP contribution < -0.4 is 0 Å². The van der Waals surface area contributed by atoms with Crippen LogP contribution in [0.3, 0.4) is 0 Å². The Bertz CT molecular complexity index is 385. The van der Waals surface area contributed by atoms with Crippen molar-refractivity contribution in [2.45, 2.75) is 25.9 Å². The van der Waals surface area contributed by atoms with E-state index in [9.17, 15) is 14.7 Å². The summed E-state index contributed by atoms with van der Waals surface area (Å²) < 4.78 is 0. The lowest BCUT2D eigenvalue weighted by atomic mass is 10.3. The van der Waals surface area contributed by atoms with E-state index in [-0.39, 0.29) is 18.3 Å². The topological polar surface area (TPSA) is 101 Å². The molecule has 2 heterocycles. The molecule has 22 heavy (non-hydrogen) atoms. The third-order valence-corrected chi connectivity index (χ3v) is 3.86. The highest BCUT2D eigenvalue weighted by molar-refractivity contribution is 5.78. The van der Waals surface area contributed by atoms with Gasteiger partial charge in [0.05, 0.1) is 12.6 Å². The fourth-order valence-electron chi connectivity index (χ4n) is 2.74. The number of hydrogen-bond acceptors (Lipinski definition) is 5. The molecule has 1 atom stereocenters. The first-order valence-corrected chi connectivity index (χ1v) is 7.49. The summed E-state index contributed by atoms with van der Waals surface area (Å²) in [5, 5.41) is 16.8. The Morgan fingerprint density at radius 3 is 2.14 bits per heavy atom. The number of nitrogens with zero attached hydrogens (tertiary/aromatic N) is 3. The van der Waals surface area contributed by atoms with Crippen LogP contribution in [0.4, 0.5) is 0 Å². The number of hydrogen-bond donors (Lipinski definition) is 2. The van der Waals surface area contributed by atoms with Crippen LogP contribution >= 0.6 is 0 Å². The van der Waals surface area contributed by atoms with Crippen LogP contribution in [0.1, 0.15) is 19.8 Å². The van der Waals surface area contributed by atoms with Gasteiger partial charge in [-0.3, -0.25) is 19.3 Å². The molecule has 0 saturated carbocycles. The molecule has 0 spiro atoms. The molecule has 8 heteroatoms. The average Bonchev–Trinajstić information content (AvgIpc) is 2.86. The second kappa shape index (κ2) is 9.37. The number of aliphatic hydroxyl groups excluding tert-OH is 1. The van der Waals surface area contributed by atoms with E-state index in [0.717, 1.165) is 25.9 Å². The van der Waals surface area contributed by atoms with Gasteiger partial charge in [0.25, 0.3) is 6.47 Å². The minimum Gasteiger partial charge on any atom is -0.483 e. The second-order valence-corrected chi connectivity index (χ2v) is 5.55. The number of amides is 2. The highest BCUT2D eigenvalue weighted by Crippen LogP contribution is 2.09. The minimum absolute atomic E-state index is 0.0482. The fraction of sp³-hybridized carbons (Fsp3) is 0.786. The van der Waals surface area contributed by atoms with Crippen molar-refractivity contribution in [3.8, 4) is 0 Å². The van der Waals surface area contributed by atoms with E-state index in [1.807, 2.05) is 0 Å². The molecule has 8 nitrogen and oxygen atoms in total. The van der Waals surface area contributed by atoms with Gasteiger partial charge in [-0.25, -0.2) is 0 Å². The smallest absolute Gasteiger partial charge is 0.290 e. The maximum atomic E-state index is 12.2. The Morgan fingerprint density at radius 1 is 1.09 bits per heavy atom. The maximum absolute atomic E-state index is 12.2. The molecule has 126 valence electrons. The molecule has 2 aliphatic rings. The van der Waals surface area contributed by atoms with Gasteiger partial charge in [0, 0.05) is 33.1 Å². The van der Waals surface area contributed by atoms with E-state index >= 15 is 0 Å². The minimum atomic E-state index is -0.645. The Hall–Kier alpha value is -1.67. The number of carbonyl (C=O) groups excluding carboxylic acids is 2. The normalized spacial score (nSPS) is 22.5. The Kier molecular flexibility index (Phi) is 7.83. The number of carboxylic acid groups (broad SMARTS) is 1. The predicted octanol–water partition coefficient (Wildman–Crippen LogP) is -1.17. The molecule has 0 aromatic rings. The van der Waals surface area contributed by atoms with Gasteiger partial charge in [-0.05, 0) is 25.9 Å². The molecule has 2 N–H and O–H groups in total. The molecule has 0 aliphatic carbocycles. The number of carbonyl (C=O) groups is 3. The number of aliphatic hydroxyl groups is 1. The highest BCUT2D eigenvalue weighted by atomic mass is 16.3. The third-order valence-electron chi connectivity index (χ3n) is 3.86. The first-order valence-electron chi connectivity index (χ1n) is 7.49. The zero-order chi connectivity index (χ0) is 16.5. The molecule has 2 amide bonds. The van der Waals surface area contributed by atoms with Crippen molar-refractivity contribution in [3.05, 3.63) is 0 Å². The molecule has 2 fully saturated rings. The summed E-state index contributed by atoms with van der Waals surface area (Å²) in [4.78, 5) is 37.4. The van der Waals surface area contributed by atoms with Crippen LogP contribution in [0.25, 0.3) is 0 Å².